The highest BCUT2D eigenvalue weighted by Gasteiger charge is 2.44. The smallest absolute Gasteiger partial charge is 0.277 e. The zero-order chi connectivity index (χ0) is 20.0. The molecule has 0 saturated carbocycles. The normalized spacial score (nSPS) is 20.7. The van der Waals surface area contributed by atoms with Gasteiger partial charge in [0.05, 0.1) is 12.0 Å². The Morgan fingerprint density at radius 2 is 2.00 bits per heavy atom. The van der Waals surface area contributed by atoms with E-state index in [1.807, 2.05) is 12.1 Å². The number of carbonyl (C=O) groups is 2. The van der Waals surface area contributed by atoms with Crippen molar-refractivity contribution in [1.82, 2.24) is 20.7 Å². The Morgan fingerprint density at radius 3 is 2.83 bits per heavy atom. The number of nitrogens with zero attached hydrogens (tertiary/aromatic N) is 3. The maximum absolute atomic E-state index is 12.7. The predicted octanol–water partition coefficient (Wildman–Crippen LogP) is 2.25. The van der Waals surface area contributed by atoms with Gasteiger partial charge >= 0.3 is 0 Å². The fraction of sp³-hybridized carbons (Fsp3) is 0.333. The van der Waals surface area contributed by atoms with Crippen LogP contribution < -0.4 is 5.32 Å². The molecule has 1 spiro atoms. The Morgan fingerprint density at radius 1 is 1.14 bits per heavy atom. The molecule has 5 rings (SSSR count). The highest BCUT2D eigenvalue weighted by molar-refractivity contribution is 5.94. The van der Waals surface area contributed by atoms with Gasteiger partial charge in [0.2, 0.25) is 5.91 Å². The van der Waals surface area contributed by atoms with Crippen LogP contribution in [0, 0.1) is 5.41 Å². The zero-order valence-corrected chi connectivity index (χ0v) is 15.7. The lowest BCUT2D eigenvalue weighted by Crippen LogP contribution is -2.36. The monoisotopic (exact) mass is 392 g/mol. The summed E-state index contributed by atoms with van der Waals surface area (Å²) in [4.78, 5) is 25.0. The molecule has 2 aromatic carbocycles. The van der Waals surface area contributed by atoms with Crippen LogP contribution in [0.5, 0.6) is 0 Å². The second-order valence-electron chi connectivity index (χ2n) is 7.90. The Hall–Kier alpha value is -3.26. The number of aromatic nitrogens is 2. The zero-order valence-electron chi connectivity index (χ0n) is 15.7. The van der Waals surface area contributed by atoms with Crippen LogP contribution in [0.15, 0.2) is 41.0 Å². The minimum Gasteiger partial charge on any atom is -0.356 e. The Balaban J connectivity index is 1.33. The number of nitrogens with one attached hydrogen (secondary N) is 1. The number of aryl methyl sites for hydroxylation is 1. The maximum atomic E-state index is 12.7. The molecule has 0 unspecified atom stereocenters. The fourth-order valence-electron chi connectivity index (χ4n) is 4.43. The topological polar surface area (TPSA) is 109 Å². The molecule has 1 atom stereocenters. The second-order valence-corrected chi connectivity index (χ2v) is 7.90. The molecule has 148 valence electrons. The van der Waals surface area contributed by atoms with E-state index in [1.54, 1.807) is 24.3 Å². The van der Waals surface area contributed by atoms with Crippen LogP contribution in [0.3, 0.4) is 0 Å². The third-order valence-electron chi connectivity index (χ3n) is 6.11. The van der Waals surface area contributed by atoms with Crippen LogP contribution in [-0.4, -0.2) is 38.9 Å². The van der Waals surface area contributed by atoms with Gasteiger partial charge in [-0.05, 0) is 77.0 Å². The quantitative estimate of drug-likeness (QED) is 0.523. The summed E-state index contributed by atoms with van der Waals surface area (Å²) in [5, 5.41) is 21.5. The Labute approximate surface area is 166 Å². The molecule has 2 amide bonds. The first kappa shape index (κ1) is 17.8. The molecule has 1 aliphatic carbocycles. The van der Waals surface area contributed by atoms with Crippen molar-refractivity contribution in [2.45, 2.75) is 32.2 Å². The first-order valence-corrected chi connectivity index (χ1v) is 9.66. The van der Waals surface area contributed by atoms with E-state index in [0.29, 0.717) is 28.1 Å². The van der Waals surface area contributed by atoms with Crippen molar-refractivity contribution in [3.8, 4) is 0 Å². The molecule has 0 bridgehead atoms. The molecule has 2 N–H and O–H groups in total. The number of hydrogen-bond acceptors (Lipinski definition) is 6. The van der Waals surface area contributed by atoms with Crippen molar-refractivity contribution in [3.05, 3.63) is 58.7 Å². The van der Waals surface area contributed by atoms with Gasteiger partial charge in [0, 0.05) is 12.1 Å². The average Bonchev–Trinajstić information content (AvgIpc) is 3.33. The summed E-state index contributed by atoms with van der Waals surface area (Å²) in [7, 11) is 0. The molecular formula is C21H20N4O4. The van der Waals surface area contributed by atoms with Crippen molar-refractivity contribution in [2.75, 3.05) is 6.54 Å². The van der Waals surface area contributed by atoms with Crippen LogP contribution in [0.2, 0.25) is 0 Å². The molecule has 1 fully saturated rings. The number of amides is 2. The molecule has 1 saturated heterocycles. The number of rotatable bonds is 3. The SMILES string of the molecule is O=C(c1ccc2c(c1)CC[C@]1(CCNC1=O)C2)N(O)Cc1ccc2nonc2c1. The lowest BCUT2D eigenvalue weighted by atomic mass is 9.70. The van der Waals surface area contributed by atoms with E-state index in [1.165, 1.54) is 0 Å². The van der Waals surface area contributed by atoms with Crippen LogP contribution in [0.1, 0.15) is 39.9 Å². The summed E-state index contributed by atoms with van der Waals surface area (Å²) in [6.45, 7) is 0.766. The highest BCUT2D eigenvalue weighted by atomic mass is 16.6. The maximum Gasteiger partial charge on any atom is 0.277 e. The van der Waals surface area contributed by atoms with Crippen molar-refractivity contribution >= 4 is 22.8 Å². The minimum atomic E-state index is -0.468. The second kappa shape index (κ2) is 6.66. The first-order valence-electron chi connectivity index (χ1n) is 9.66. The van der Waals surface area contributed by atoms with Crippen LogP contribution in [-0.2, 0) is 24.2 Å². The summed E-state index contributed by atoms with van der Waals surface area (Å²) in [5.74, 6) is -0.325. The average molecular weight is 392 g/mol. The van der Waals surface area contributed by atoms with Gasteiger partial charge in [-0.25, -0.2) is 9.69 Å². The van der Waals surface area contributed by atoms with Gasteiger partial charge in [-0.2, -0.15) is 0 Å². The largest absolute Gasteiger partial charge is 0.356 e. The number of hydrogen-bond donors (Lipinski definition) is 2. The predicted molar refractivity (Wildman–Crippen MR) is 102 cm³/mol. The highest BCUT2D eigenvalue weighted by Crippen LogP contribution is 2.41. The van der Waals surface area contributed by atoms with E-state index in [9.17, 15) is 14.8 Å². The van der Waals surface area contributed by atoms with Crippen molar-refractivity contribution in [3.63, 3.8) is 0 Å². The lowest BCUT2D eigenvalue weighted by molar-refractivity contribution is -0.128. The van der Waals surface area contributed by atoms with Crippen molar-refractivity contribution in [1.29, 1.82) is 0 Å². The fourth-order valence-corrected chi connectivity index (χ4v) is 4.43. The van der Waals surface area contributed by atoms with Crippen molar-refractivity contribution < 1.29 is 19.4 Å². The Bertz CT molecular complexity index is 1120. The van der Waals surface area contributed by atoms with E-state index < -0.39 is 5.91 Å². The van der Waals surface area contributed by atoms with E-state index in [4.69, 9.17) is 0 Å². The Kier molecular flexibility index (Phi) is 4.09. The molecular weight excluding hydrogens is 372 g/mol. The van der Waals surface area contributed by atoms with E-state index in [2.05, 4.69) is 20.3 Å². The number of carbonyl (C=O) groups excluding carboxylic acids is 2. The first-order chi connectivity index (χ1) is 14.0. The van der Waals surface area contributed by atoms with Crippen molar-refractivity contribution in [2.24, 2.45) is 5.41 Å². The molecule has 8 nitrogen and oxygen atoms in total. The number of benzene rings is 2. The third-order valence-corrected chi connectivity index (χ3v) is 6.11. The number of hydroxylamine groups is 2. The molecule has 1 aromatic heterocycles. The molecule has 1 aliphatic heterocycles. The van der Waals surface area contributed by atoms with Gasteiger partial charge in [-0.3, -0.25) is 14.8 Å². The molecule has 29 heavy (non-hydrogen) atoms. The summed E-state index contributed by atoms with van der Waals surface area (Å²) in [6.07, 6.45) is 3.11. The third kappa shape index (κ3) is 3.05. The number of fused-ring (bicyclic) bond motifs is 2. The summed E-state index contributed by atoms with van der Waals surface area (Å²) in [5.41, 5.74) is 4.23. The standard InChI is InChI=1S/C21H20N4O4/c26-19(25(28)12-13-1-4-17-18(9-13)24-29-23-17)15-2-3-16-11-21(6-5-14(16)10-15)7-8-22-20(21)27/h1-4,9-10,28H,5-8,11-12H2,(H,22,27)/t21-/m0/s1. The van der Waals surface area contributed by atoms with Crippen LogP contribution >= 0.6 is 0 Å². The summed E-state index contributed by atoms with van der Waals surface area (Å²) < 4.78 is 4.67. The van der Waals surface area contributed by atoms with Crippen LogP contribution in [0.25, 0.3) is 11.0 Å². The van der Waals surface area contributed by atoms with Gasteiger partial charge in [0.25, 0.3) is 5.91 Å². The van der Waals surface area contributed by atoms with Gasteiger partial charge in [-0.1, -0.05) is 12.1 Å². The van der Waals surface area contributed by atoms with Crippen LogP contribution in [0.4, 0.5) is 0 Å². The van der Waals surface area contributed by atoms with Gasteiger partial charge in [0.15, 0.2) is 0 Å². The minimum absolute atomic E-state index is 0.0298. The van der Waals surface area contributed by atoms with E-state index in [-0.39, 0.29) is 17.9 Å². The summed E-state index contributed by atoms with van der Waals surface area (Å²) >= 11 is 0. The molecule has 2 aliphatic rings. The molecule has 8 heteroatoms. The summed E-state index contributed by atoms with van der Waals surface area (Å²) in [6, 6.07) is 10.7. The molecule has 2 heterocycles. The van der Waals surface area contributed by atoms with E-state index >= 15 is 0 Å². The van der Waals surface area contributed by atoms with Gasteiger partial charge < -0.3 is 5.32 Å². The van der Waals surface area contributed by atoms with E-state index in [0.717, 1.165) is 42.5 Å². The van der Waals surface area contributed by atoms with Gasteiger partial charge in [-0.15, -0.1) is 0 Å². The van der Waals surface area contributed by atoms with Gasteiger partial charge in [0.1, 0.15) is 11.0 Å². The lowest BCUT2D eigenvalue weighted by Gasteiger charge is -2.32. The molecule has 0 radical (unpaired) electrons. The molecule has 3 aromatic rings.